The molecule has 1 atom stereocenters. The van der Waals surface area contributed by atoms with Crippen molar-refractivity contribution >= 4 is 34.6 Å². The molecule has 0 aliphatic carbocycles. The molecule has 5 heteroatoms. The lowest BCUT2D eigenvalue weighted by Crippen LogP contribution is -2.19. The number of rotatable bonds is 4. The van der Waals surface area contributed by atoms with Crippen molar-refractivity contribution in [1.82, 2.24) is 0 Å². The van der Waals surface area contributed by atoms with Gasteiger partial charge in [0.1, 0.15) is 0 Å². The van der Waals surface area contributed by atoms with E-state index in [9.17, 15) is 9.90 Å². The summed E-state index contributed by atoms with van der Waals surface area (Å²) in [6, 6.07) is 8.01. The summed E-state index contributed by atoms with van der Waals surface area (Å²) < 4.78 is 0. The standard InChI is InChI=1S/C12H10ClNO2S/c13-9-1-3-10(4-2-9)14-11(12(15)16)8-5-6-17-7-8/h1-7,11,14H,(H,15,16). The summed E-state index contributed by atoms with van der Waals surface area (Å²) in [5, 5.41) is 16.4. The summed E-state index contributed by atoms with van der Waals surface area (Å²) in [6.45, 7) is 0. The van der Waals surface area contributed by atoms with Gasteiger partial charge in [-0.05, 0) is 46.7 Å². The van der Waals surface area contributed by atoms with E-state index in [1.807, 2.05) is 10.8 Å². The van der Waals surface area contributed by atoms with Crippen LogP contribution in [0.15, 0.2) is 41.1 Å². The molecule has 0 saturated carbocycles. The Morgan fingerprint density at radius 2 is 2.00 bits per heavy atom. The summed E-state index contributed by atoms with van der Waals surface area (Å²) in [5.41, 5.74) is 1.48. The molecule has 0 radical (unpaired) electrons. The molecule has 1 unspecified atom stereocenters. The maximum atomic E-state index is 11.2. The zero-order valence-corrected chi connectivity index (χ0v) is 10.3. The van der Waals surface area contributed by atoms with Crippen molar-refractivity contribution in [2.45, 2.75) is 6.04 Å². The van der Waals surface area contributed by atoms with E-state index in [0.717, 1.165) is 11.3 Å². The SMILES string of the molecule is O=C(O)C(Nc1ccc(Cl)cc1)c1ccsc1. The maximum absolute atomic E-state index is 11.2. The summed E-state index contributed by atoms with van der Waals surface area (Å²) in [7, 11) is 0. The number of aliphatic carboxylic acids is 1. The highest BCUT2D eigenvalue weighted by molar-refractivity contribution is 7.08. The van der Waals surface area contributed by atoms with Crippen LogP contribution in [-0.2, 0) is 4.79 Å². The average molecular weight is 268 g/mol. The molecule has 2 aromatic rings. The predicted octanol–water partition coefficient (Wildman–Crippen LogP) is 3.64. The topological polar surface area (TPSA) is 49.3 Å². The summed E-state index contributed by atoms with van der Waals surface area (Å²) >= 11 is 7.24. The van der Waals surface area contributed by atoms with Crippen molar-refractivity contribution in [3.05, 3.63) is 51.7 Å². The van der Waals surface area contributed by atoms with Crippen molar-refractivity contribution in [2.24, 2.45) is 0 Å². The van der Waals surface area contributed by atoms with Crippen LogP contribution in [0, 0.1) is 0 Å². The van der Waals surface area contributed by atoms with E-state index in [1.165, 1.54) is 11.3 Å². The van der Waals surface area contributed by atoms with Crippen molar-refractivity contribution in [2.75, 3.05) is 5.32 Å². The fourth-order valence-electron chi connectivity index (χ4n) is 1.44. The quantitative estimate of drug-likeness (QED) is 0.889. The second kappa shape index (κ2) is 5.21. The van der Waals surface area contributed by atoms with Crippen LogP contribution in [0.5, 0.6) is 0 Å². The zero-order valence-electron chi connectivity index (χ0n) is 8.76. The van der Waals surface area contributed by atoms with Crippen molar-refractivity contribution in [3.8, 4) is 0 Å². The van der Waals surface area contributed by atoms with Gasteiger partial charge in [0.2, 0.25) is 0 Å². The highest BCUT2D eigenvalue weighted by Crippen LogP contribution is 2.23. The lowest BCUT2D eigenvalue weighted by atomic mass is 10.1. The summed E-state index contributed by atoms with van der Waals surface area (Å²) in [4.78, 5) is 11.2. The van der Waals surface area contributed by atoms with Gasteiger partial charge >= 0.3 is 5.97 Å². The Labute approximate surface area is 108 Å². The number of anilines is 1. The lowest BCUT2D eigenvalue weighted by molar-refractivity contribution is -0.138. The fourth-order valence-corrected chi connectivity index (χ4v) is 2.25. The van der Waals surface area contributed by atoms with Gasteiger partial charge in [-0.15, -0.1) is 0 Å². The Balaban J connectivity index is 2.19. The number of benzene rings is 1. The van der Waals surface area contributed by atoms with E-state index in [-0.39, 0.29) is 0 Å². The van der Waals surface area contributed by atoms with E-state index in [1.54, 1.807) is 30.3 Å². The van der Waals surface area contributed by atoms with Crippen molar-refractivity contribution in [1.29, 1.82) is 0 Å². The zero-order chi connectivity index (χ0) is 12.3. The van der Waals surface area contributed by atoms with Gasteiger partial charge in [-0.3, -0.25) is 0 Å². The highest BCUT2D eigenvalue weighted by atomic mass is 35.5. The van der Waals surface area contributed by atoms with Gasteiger partial charge in [-0.2, -0.15) is 11.3 Å². The van der Waals surface area contributed by atoms with Gasteiger partial charge in [-0.1, -0.05) is 11.6 Å². The molecule has 88 valence electrons. The van der Waals surface area contributed by atoms with Crippen LogP contribution >= 0.6 is 22.9 Å². The van der Waals surface area contributed by atoms with Crippen LogP contribution in [0.4, 0.5) is 5.69 Å². The van der Waals surface area contributed by atoms with E-state index in [4.69, 9.17) is 11.6 Å². The second-order valence-electron chi connectivity index (χ2n) is 3.48. The fraction of sp³-hybridized carbons (Fsp3) is 0.0833. The number of halogens is 1. The third-order valence-electron chi connectivity index (χ3n) is 2.28. The molecule has 0 saturated heterocycles. The minimum absolute atomic E-state index is 0.623. The van der Waals surface area contributed by atoms with Gasteiger partial charge < -0.3 is 10.4 Å². The number of carbonyl (C=O) groups is 1. The third kappa shape index (κ3) is 2.99. The molecule has 0 aliphatic rings. The van der Waals surface area contributed by atoms with Crippen LogP contribution in [-0.4, -0.2) is 11.1 Å². The van der Waals surface area contributed by atoms with E-state index < -0.39 is 12.0 Å². The molecule has 17 heavy (non-hydrogen) atoms. The molecular formula is C12H10ClNO2S. The van der Waals surface area contributed by atoms with Crippen LogP contribution in [0.25, 0.3) is 0 Å². The number of nitrogens with one attached hydrogen (secondary N) is 1. The second-order valence-corrected chi connectivity index (χ2v) is 4.70. The Hall–Kier alpha value is -1.52. The first-order valence-electron chi connectivity index (χ1n) is 4.94. The van der Waals surface area contributed by atoms with Crippen LogP contribution < -0.4 is 5.32 Å². The molecule has 0 aliphatic heterocycles. The first-order chi connectivity index (χ1) is 8.16. The molecule has 2 rings (SSSR count). The minimum Gasteiger partial charge on any atom is -0.479 e. The summed E-state index contributed by atoms with van der Waals surface area (Å²) in [6.07, 6.45) is 0. The first kappa shape index (κ1) is 12.0. The first-order valence-corrected chi connectivity index (χ1v) is 6.26. The molecule has 0 amide bonds. The van der Waals surface area contributed by atoms with Crippen LogP contribution in [0.1, 0.15) is 11.6 Å². The van der Waals surface area contributed by atoms with Crippen molar-refractivity contribution < 1.29 is 9.90 Å². The average Bonchev–Trinajstić information content (AvgIpc) is 2.81. The molecule has 0 fully saturated rings. The molecule has 0 bridgehead atoms. The number of carboxylic acid groups (broad SMARTS) is 1. The van der Waals surface area contributed by atoms with Crippen LogP contribution in [0.3, 0.4) is 0 Å². The van der Waals surface area contributed by atoms with Crippen molar-refractivity contribution in [3.63, 3.8) is 0 Å². The highest BCUT2D eigenvalue weighted by Gasteiger charge is 2.19. The normalized spacial score (nSPS) is 12.1. The Kier molecular flexibility index (Phi) is 3.66. The lowest BCUT2D eigenvalue weighted by Gasteiger charge is -2.14. The molecule has 3 nitrogen and oxygen atoms in total. The minimum atomic E-state index is -0.904. The summed E-state index contributed by atoms with van der Waals surface area (Å²) in [5.74, 6) is -0.904. The number of hydrogen-bond acceptors (Lipinski definition) is 3. The molecule has 1 heterocycles. The Bertz CT molecular complexity index is 496. The molecule has 1 aromatic carbocycles. The smallest absolute Gasteiger partial charge is 0.330 e. The molecule has 0 spiro atoms. The van der Waals surface area contributed by atoms with E-state index in [2.05, 4.69) is 5.32 Å². The predicted molar refractivity (Wildman–Crippen MR) is 69.8 cm³/mol. The maximum Gasteiger partial charge on any atom is 0.330 e. The van der Waals surface area contributed by atoms with Gasteiger partial charge in [0.05, 0.1) is 0 Å². The molecular weight excluding hydrogens is 258 g/mol. The van der Waals surface area contributed by atoms with Gasteiger partial charge in [-0.25, -0.2) is 4.79 Å². The number of hydrogen-bond donors (Lipinski definition) is 2. The van der Waals surface area contributed by atoms with Gasteiger partial charge in [0.25, 0.3) is 0 Å². The number of carboxylic acids is 1. The molecule has 2 N–H and O–H groups in total. The largest absolute Gasteiger partial charge is 0.479 e. The van der Waals surface area contributed by atoms with E-state index >= 15 is 0 Å². The van der Waals surface area contributed by atoms with Gasteiger partial charge in [0.15, 0.2) is 6.04 Å². The molecule has 1 aromatic heterocycles. The van der Waals surface area contributed by atoms with Crippen LogP contribution in [0.2, 0.25) is 5.02 Å². The Morgan fingerprint density at radius 1 is 1.29 bits per heavy atom. The monoisotopic (exact) mass is 267 g/mol. The number of thiophene rings is 1. The third-order valence-corrected chi connectivity index (χ3v) is 3.23. The Morgan fingerprint density at radius 3 is 2.53 bits per heavy atom. The van der Waals surface area contributed by atoms with Gasteiger partial charge in [0, 0.05) is 10.7 Å². The van der Waals surface area contributed by atoms with E-state index in [0.29, 0.717) is 5.02 Å².